The lowest BCUT2D eigenvalue weighted by atomic mass is 9.98. The Labute approximate surface area is 137 Å². The van der Waals surface area contributed by atoms with E-state index >= 15 is 0 Å². The summed E-state index contributed by atoms with van der Waals surface area (Å²) in [6, 6.07) is 12.8. The summed E-state index contributed by atoms with van der Waals surface area (Å²) in [6.07, 6.45) is 0.978. The Bertz CT molecular complexity index is 608. The zero-order chi connectivity index (χ0) is 14.7. The monoisotopic (exact) mass is 396 g/mol. The second kappa shape index (κ2) is 6.77. The molecule has 2 aromatic rings. The summed E-state index contributed by atoms with van der Waals surface area (Å²) in [6.45, 7) is 4.30. The van der Waals surface area contributed by atoms with Crippen molar-refractivity contribution in [2.75, 3.05) is 7.11 Å². The van der Waals surface area contributed by atoms with Gasteiger partial charge in [-0.3, -0.25) is 0 Å². The molecule has 0 aliphatic carbocycles. The molecule has 0 spiro atoms. The first kappa shape index (κ1) is 15.6. The number of halogens is 2. The highest BCUT2D eigenvalue weighted by molar-refractivity contribution is 9.10. The Morgan fingerprint density at radius 3 is 2.50 bits per heavy atom. The molecule has 1 nitrogen and oxygen atoms in total. The van der Waals surface area contributed by atoms with E-state index in [1.807, 2.05) is 6.07 Å². The van der Waals surface area contributed by atoms with Crippen LogP contribution in [0.2, 0.25) is 0 Å². The van der Waals surface area contributed by atoms with Gasteiger partial charge < -0.3 is 4.74 Å². The Hall–Kier alpha value is -0.800. The Morgan fingerprint density at radius 2 is 1.85 bits per heavy atom. The summed E-state index contributed by atoms with van der Waals surface area (Å²) < 4.78 is 6.26. The van der Waals surface area contributed by atoms with Gasteiger partial charge in [-0.1, -0.05) is 45.8 Å². The van der Waals surface area contributed by atoms with Crippen molar-refractivity contribution in [2.45, 2.75) is 25.1 Å². The number of aryl methyl sites for hydroxylation is 2. The van der Waals surface area contributed by atoms with Crippen molar-refractivity contribution in [2.24, 2.45) is 0 Å². The number of rotatable bonds is 4. The van der Waals surface area contributed by atoms with Crippen LogP contribution in [-0.2, 0) is 6.42 Å². The molecule has 20 heavy (non-hydrogen) atoms. The number of methoxy groups -OCH3 is 1. The van der Waals surface area contributed by atoms with Gasteiger partial charge in [0.2, 0.25) is 0 Å². The van der Waals surface area contributed by atoms with E-state index < -0.39 is 0 Å². The Balaban J connectivity index is 2.21. The molecule has 0 aromatic heterocycles. The number of ether oxygens (including phenoxy) is 1. The molecule has 0 bridgehead atoms. The van der Waals surface area contributed by atoms with E-state index in [0.29, 0.717) is 4.83 Å². The fourth-order valence-corrected chi connectivity index (χ4v) is 3.40. The Morgan fingerprint density at radius 1 is 1.10 bits per heavy atom. The summed E-state index contributed by atoms with van der Waals surface area (Å²) in [5.41, 5.74) is 5.28. The maximum atomic E-state index is 5.27. The molecular formula is C17H18Br2O. The van der Waals surface area contributed by atoms with Crippen molar-refractivity contribution in [3.8, 4) is 5.75 Å². The highest BCUT2D eigenvalue weighted by atomic mass is 79.9. The maximum absolute atomic E-state index is 5.27. The third kappa shape index (κ3) is 3.64. The van der Waals surface area contributed by atoms with Gasteiger partial charge in [-0.05, 0) is 65.0 Å². The van der Waals surface area contributed by atoms with Crippen LogP contribution in [0.4, 0.5) is 0 Å². The van der Waals surface area contributed by atoms with Gasteiger partial charge in [-0.25, -0.2) is 0 Å². The molecular weight excluding hydrogens is 380 g/mol. The molecule has 0 heterocycles. The lowest BCUT2D eigenvalue weighted by Crippen LogP contribution is -1.99. The van der Waals surface area contributed by atoms with E-state index in [1.165, 1.54) is 22.3 Å². The summed E-state index contributed by atoms with van der Waals surface area (Å²) >= 11 is 7.34. The summed E-state index contributed by atoms with van der Waals surface area (Å²) in [7, 11) is 1.68. The molecule has 0 saturated carbocycles. The lowest BCUT2D eigenvalue weighted by molar-refractivity contribution is 0.412. The van der Waals surface area contributed by atoms with E-state index in [-0.39, 0.29) is 0 Å². The van der Waals surface area contributed by atoms with Crippen LogP contribution >= 0.6 is 31.9 Å². The van der Waals surface area contributed by atoms with Crippen molar-refractivity contribution in [3.63, 3.8) is 0 Å². The minimum atomic E-state index is 0.296. The van der Waals surface area contributed by atoms with Crippen LogP contribution in [0.5, 0.6) is 5.75 Å². The first-order valence-corrected chi connectivity index (χ1v) is 8.25. The zero-order valence-electron chi connectivity index (χ0n) is 11.9. The van der Waals surface area contributed by atoms with Crippen LogP contribution in [0.25, 0.3) is 0 Å². The van der Waals surface area contributed by atoms with E-state index in [0.717, 1.165) is 16.6 Å². The van der Waals surface area contributed by atoms with E-state index in [9.17, 15) is 0 Å². The second-order valence-electron chi connectivity index (χ2n) is 5.00. The number of alkyl halides is 1. The van der Waals surface area contributed by atoms with Crippen molar-refractivity contribution >= 4 is 31.9 Å². The van der Waals surface area contributed by atoms with Crippen LogP contribution in [0.3, 0.4) is 0 Å². The van der Waals surface area contributed by atoms with Crippen LogP contribution in [0.1, 0.15) is 27.1 Å². The fourth-order valence-electron chi connectivity index (χ4n) is 2.21. The third-order valence-corrected chi connectivity index (χ3v) is 4.91. The molecule has 0 saturated heterocycles. The second-order valence-corrected chi connectivity index (χ2v) is 6.96. The number of benzene rings is 2. The van der Waals surface area contributed by atoms with Gasteiger partial charge in [0, 0.05) is 4.83 Å². The van der Waals surface area contributed by atoms with Gasteiger partial charge in [0.15, 0.2) is 0 Å². The molecule has 0 amide bonds. The van der Waals surface area contributed by atoms with Gasteiger partial charge in [0.05, 0.1) is 11.6 Å². The topological polar surface area (TPSA) is 9.23 Å². The minimum Gasteiger partial charge on any atom is -0.496 e. The van der Waals surface area contributed by atoms with Crippen LogP contribution in [0, 0.1) is 13.8 Å². The van der Waals surface area contributed by atoms with E-state index in [2.05, 4.69) is 76.0 Å². The lowest BCUT2D eigenvalue weighted by Gasteiger charge is -2.14. The first-order chi connectivity index (χ1) is 9.51. The van der Waals surface area contributed by atoms with Gasteiger partial charge >= 0.3 is 0 Å². The van der Waals surface area contributed by atoms with Crippen LogP contribution < -0.4 is 4.74 Å². The molecule has 0 fully saturated rings. The fraction of sp³-hybridized carbons (Fsp3) is 0.294. The quantitative estimate of drug-likeness (QED) is 0.596. The maximum Gasteiger partial charge on any atom is 0.133 e. The predicted molar refractivity (Wildman–Crippen MR) is 92.0 cm³/mol. The molecule has 1 atom stereocenters. The van der Waals surface area contributed by atoms with E-state index in [4.69, 9.17) is 4.74 Å². The minimum absolute atomic E-state index is 0.296. The molecule has 0 N–H and O–H groups in total. The van der Waals surface area contributed by atoms with Crippen molar-refractivity contribution in [1.82, 2.24) is 0 Å². The van der Waals surface area contributed by atoms with Crippen LogP contribution in [-0.4, -0.2) is 7.11 Å². The first-order valence-electron chi connectivity index (χ1n) is 6.55. The largest absolute Gasteiger partial charge is 0.496 e. The summed E-state index contributed by atoms with van der Waals surface area (Å²) in [5, 5.41) is 0. The SMILES string of the molecule is COc1ccc(C(Br)Cc2cc(C)ccc2C)cc1Br. The average Bonchev–Trinajstić information content (AvgIpc) is 2.42. The molecule has 106 valence electrons. The third-order valence-electron chi connectivity index (χ3n) is 3.44. The summed E-state index contributed by atoms with van der Waals surface area (Å²) in [4.78, 5) is 0.296. The number of hydrogen-bond acceptors (Lipinski definition) is 1. The Kier molecular flexibility index (Phi) is 5.28. The van der Waals surface area contributed by atoms with Gasteiger partial charge in [0.1, 0.15) is 5.75 Å². The zero-order valence-corrected chi connectivity index (χ0v) is 15.1. The molecule has 3 heteroatoms. The highest BCUT2D eigenvalue weighted by Gasteiger charge is 2.12. The van der Waals surface area contributed by atoms with Gasteiger partial charge in [-0.15, -0.1) is 0 Å². The summed E-state index contributed by atoms with van der Waals surface area (Å²) in [5.74, 6) is 0.861. The highest BCUT2D eigenvalue weighted by Crippen LogP contribution is 2.33. The van der Waals surface area contributed by atoms with Gasteiger partial charge in [-0.2, -0.15) is 0 Å². The molecule has 1 unspecified atom stereocenters. The van der Waals surface area contributed by atoms with E-state index in [1.54, 1.807) is 7.11 Å². The smallest absolute Gasteiger partial charge is 0.133 e. The van der Waals surface area contributed by atoms with Crippen molar-refractivity contribution < 1.29 is 4.74 Å². The average molecular weight is 398 g/mol. The molecule has 2 rings (SSSR count). The van der Waals surface area contributed by atoms with Crippen molar-refractivity contribution in [1.29, 1.82) is 0 Å². The van der Waals surface area contributed by atoms with Gasteiger partial charge in [0.25, 0.3) is 0 Å². The molecule has 2 aromatic carbocycles. The van der Waals surface area contributed by atoms with Crippen LogP contribution in [0.15, 0.2) is 40.9 Å². The number of hydrogen-bond donors (Lipinski definition) is 0. The predicted octanol–water partition coefficient (Wildman–Crippen LogP) is 5.75. The standard InChI is InChI=1S/C17H18Br2O/c1-11-4-5-12(2)14(8-11)10-15(18)13-6-7-17(20-3)16(19)9-13/h4-9,15H,10H2,1-3H3. The molecule has 0 aliphatic heterocycles. The normalized spacial score (nSPS) is 12.2. The van der Waals surface area contributed by atoms with Crippen molar-refractivity contribution in [3.05, 3.63) is 63.1 Å². The molecule has 0 radical (unpaired) electrons. The molecule has 0 aliphatic rings.